The minimum atomic E-state index is 1.00. The lowest BCUT2D eigenvalue weighted by Crippen LogP contribution is -1.92. The fraction of sp³-hybridized carbons (Fsp3) is 0. The molecule has 0 aliphatic heterocycles. The number of benzene rings is 4. The average molecular weight is 416 g/mol. The Labute approximate surface area is 182 Å². The summed E-state index contributed by atoms with van der Waals surface area (Å²) in [7, 11) is 0. The van der Waals surface area contributed by atoms with Crippen LogP contribution >= 0.6 is 11.3 Å². The first kappa shape index (κ1) is 16.9. The third-order valence-corrected chi connectivity index (χ3v) is 6.98. The van der Waals surface area contributed by atoms with Gasteiger partial charge < -0.3 is 4.57 Å². The van der Waals surface area contributed by atoms with Crippen molar-refractivity contribution in [3.63, 3.8) is 0 Å². The van der Waals surface area contributed by atoms with Gasteiger partial charge in [0.05, 0.1) is 32.3 Å². The molecule has 4 aromatic carbocycles. The Balaban J connectivity index is 1.73. The smallest absolute Gasteiger partial charge is 0.195 e. The molecule has 3 heterocycles. The van der Waals surface area contributed by atoms with Crippen molar-refractivity contribution in [3.8, 4) is 10.8 Å². The first-order valence-electron chi connectivity index (χ1n) is 10.3. The van der Waals surface area contributed by atoms with Gasteiger partial charge in [-0.05, 0) is 36.4 Å². The Kier molecular flexibility index (Phi) is 3.43. The highest BCUT2D eigenvalue weighted by Crippen LogP contribution is 2.41. The van der Waals surface area contributed by atoms with Gasteiger partial charge >= 0.3 is 0 Å². The van der Waals surface area contributed by atoms with Crippen LogP contribution in [0.1, 0.15) is 0 Å². The summed E-state index contributed by atoms with van der Waals surface area (Å²) in [5.41, 5.74) is 7.03. The standard InChI is InChI=1S/C27H17N3S/c1-2-10-18(11-3-1)29-22-15-7-4-12-19(22)26-25(29)20-13-5-8-16-23(20)30(26)27-28-21-14-6-9-17-24(21)31-27/h1-17H. The van der Waals surface area contributed by atoms with Crippen LogP contribution in [0.25, 0.3) is 53.9 Å². The number of thiazole rings is 1. The van der Waals surface area contributed by atoms with Crippen LogP contribution < -0.4 is 0 Å². The predicted octanol–water partition coefficient (Wildman–Crippen LogP) is 7.34. The second-order valence-corrected chi connectivity index (χ2v) is 8.71. The van der Waals surface area contributed by atoms with E-state index >= 15 is 0 Å². The van der Waals surface area contributed by atoms with Crippen LogP contribution in [0.2, 0.25) is 0 Å². The molecule has 0 aliphatic carbocycles. The van der Waals surface area contributed by atoms with Crippen LogP contribution in [0.4, 0.5) is 0 Å². The second kappa shape index (κ2) is 6.30. The molecule has 0 unspecified atom stereocenters. The molecule has 0 bridgehead atoms. The molecule has 0 amide bonds. The van der Waals surface area contributed by atoms with Crippen molar-refractivity contribution in [3.05, 3.63) is 103 Å². The fourth-order valence-corrected chi connectivity index (χ4v) is 5.67. The van der Waals surface area contributed by atoms with E-state index in [9.17, 15) is 0 Å². The number of aromatic nitrogens is 3. The SMILES string of the molecule is c1ccc(-n2c3ccccc3c3c2c2ccccc2n3-c2nc3ccccc3s2)cc1. The van der Waals surface area contributed by atoms with E-state index in [0.717, 1.165) is 10.6 Å². The molecule has 0 fully saturated rings. The largest absolute Gasteiger partial charge is 0.307 e. The van der Waals surface area contributed by atoms with Crippen molar-refractivity contribution < 1.29 is 0 Å². The minimum Gasteiger partial charge on any atom is -0.307 e. The Morgan fingerprint density at radius 2 is 1.13 bits per heavy atom. The summed E-state index contributed by atoms with van der Waals surface area (Å²) in [5.74, 6) is 0. The lowest BCUT2D eigenvalue weighted by Gasteiger charge is -2.07. The Morgan fingerprint density at radius 3 is 1.87 bits per heavy atom. The van der Waals surface area contributed by atoms with Crippen molar-refractivity contribution in [2.24, 2.45) is 0 Å². The normalized spacial score (nSPS) is 11.9. The van der Waals surface area contributed by atoms with Crippen molar-refractivity contribution in [1.29, 1.82) is 0 Å². The van der Waals surface area contributed by atoms with E-state index in [1.54, 1.807) is 11.3 Å². The van der Waals surface area contributed by atoms with E-state index in [0.29, 0.717) is 0 Å². The molecule has 0 N–H and O–H groups in total. The molecular weight excluding hydrogens is 398 g/mol. The summed E-state index contributed by atoms with van der Waals surface area (Å²) in [6.07, 6.45) is 0. The first-order valence-corrected chi connectivity index (χ1v) is 11.2. The van der Waals surface area contributed by atoms with E-state index in [1.165, 1.54) is 43.2 Å². The number of nitrogens with zero attached hydrogens (tertiary/aromatic N) is 3. The van der Waals surface area contributed by atoms with Gasteiger partial charge in [-0.3, -0.25) is 4.57 Å². The molecule has 0 saturated carbocycles. The lowest BCUT2D eigenvalue weighted by atomic mass is 10.2. The van der Waals surface area contributed by atoms with Crippen molar-refractivity contribution in [2.45, 2.75) is 0 Å². The molecular formula is C27H17N3S. The van der Waals surface area contributed by atoms with E-state index in [1.807, 2.05) is 0 Å². The molecule has 31 heavy (non-hydrogen) atoms. The van der Waals surface area contributed by atoms with Crippen molar-refractivity contribution >= 4 is 54.4 Å². The maximum absolute atomic E-state index is 5.02. The second-order valence-electron chi connectivity index (χ2n) is 7.70. The predicted molar refractivity (Wildman–Crippen MR) is 131 cm³/mol. The zero-order valence-corrected chi connectivity index (χ0v) is 17.4. The first-order chi connectivity index (χ1) is 15.4. The molecule has 7 aromatic rings. The lowest BCUT2D eigenvalue weighted by molar-refractivity contribution is 1.15. The Bertz CT molecular complexity index is 1700. The molecule has 3 nitrogen and oxygen atoms in total. The van der Waals surface area contributed by atoms with Crippen molar-refractivity contribution in [1.82, 2.24) is 14.1 Å². The highest BCUT2D eigenvalue weighted by molar-refractivity contribution is 7.20. The van der Waals surface area contributed by atoms with Gasteiger partial charge in [0.15, 0.2) is 5.13 Å². The molecule has 4 heteroatoms. The highest BCUT2D eigenvalue weighted by atomic mass is 32.1. The zero-order valence-electron chi connectivity index (χ0n) is 16.6. The van der Waals surface area contributed by atoms with Crippen molar-refractivity contribution in [2.75, 3.05) is 0 Å². The van der Waals surface area contributed by atoms with Crippen LogP contribution in [0.15, 0.2) is 103 Å². The maximum atomic E-state index is 5.02. The summed E-state index contributed by atoms with van der Waals surface area (Å²) in [6, 6.07) is 36.3. The van der Waals surface area contributed by atoms with Crippen LogP contribution in [-0.2, 0) is 0 Å². The van der Waals surface area contributed by atoms with Gasteiger partial charge in [-0.15, -0.1) is 0 Å². The van der Waals surface area contributed by atoms with Crippen LogP contribution in [0.5, 0.6) is 0 Å². The summed E-state index contributed by atoms with van der Waals surface area (Å²) >= 11 is 1.74. The molecule has 0 atom stereocenters. The Hall–Kier alpha value is -3.89. The van der Waals surface area contributed by atoms with E-state index in [-0.39, 0.29) is 0 Å². The fourth-order valence-electron chi connectivity index (χ4n) is 4.69. The monoisotopic (exact) mass is 415 g/mol. The van der Waals surface area contributed by atoms with Crippen LogP contribution in [-0.4, -0.2) is 14.1 Å². The molecule has 0 saturated heterocycles. The Morgan fingerprint density at radius 1 is 0.548 bits per heavy atom. The third kappa shape index (κ3) is 2.31. The van der Waals surface area contributed by atoms with Gasteiger partial charge in [0.2, 0.25) is 0 Å². The molecule has 0 radical (unpaired) electrons. The molecule has 3 aromatic heterocycles. The van der Waals surface area contributed by atoms with Crippen LogP contribution in [0.3, 0.4) is 0 Å². The van der Waals surface area contributed by atoms with Gasteiger partial charge in [-0.2, -0.15) is 0 Å². The number of hydrogen-bond donors (Lipinski definition) is 0. The van der Waals surface area contributed by atoms with Gasteiger partial charge in [0.1, 0.15) is 0 Å². The summed E-state index contributed by atoms with van der Waals surface area (Å²) < 4.78 is 5.93. The van der Waals surface area contributed by atoms with Crippen LogP contribution in [0, 0.1) is 0 Å². The quantitative estimate of drug-likeness (QED) is 0.290. The number of fused-ring (bicyclic) bond motifs is 6. The number of rotatable bonds is 2. The average Bonchev–Trinajstić information content (AvgIpc) is 3.49. The maximum Gasteiger partial charge on any atom is 0.195 e. The summed E-state index contributed by atoms with van der Waals surface area (Å²) in [5, 5.41) is 3.47. The number of para-hydroxylation sites is 4. The molecule has 146 valence electrons. The summed E-state index contributed by atoms with van der Waals surface area (Å²) in [4.78, 5) is 5.02. The zero-order chi connectivity index (χ0) is 20.4. The topological polar surface area (TPSA) is 22.8 Å². The summed E-state index contributed by atoms with van der Waals surface area (Å²) in [6.45, 7) is 0. The number of hydrogen-bond acceptors (Lipinski definition) is 2. The van der Waals surface area contributed by atoms with E-state index in [4.69, 9.17) is 4.98 Å². The third-order valence-electron chi connectivity index (χ3n) is 5.96. The van der Waals surface area contributed by atoms with Gasteiger partial charge in [0, 0.05) is 16.5 Å². The highest BCUT2D eigenvalue weighted by Gasteiger charge is 2.22. The van der Waals surface area contributed by atoms with Gasteiger partial charge in [-0.25, -0.2) is 4.98 Å². The molecule has 0 aliphatic rings. The van der Waals surface area contributed by atoms with E-state index < -0.39 is 0 Å². The van der Waals surface area contributed by atoms with Gasteiger partial charge in [-0.1, -0.05) is 78.1 Å². The minimum absolute atomic E-state index is 1.00. The molecule has 0 spiro atoms. The van der Waals surface area contributed by atoms with Gasteiger partial charge in [0.25, 0.3) is 0 Å². The molecule has 7 rings (SSSR count). The van der Waals surface area contributed by atoms with E-state index in [2.05, 4.69) is 112 Å².